The van der Waals surface area contributed by atoms with E-state index >= 15 is 0 Å². The van der Waals surface area contributed by atoms with Crippen LogP contribution in [-0.4, -0.2) is 34.2 Å². The summed E-state index contributed by atoms with van der Waals surface area (Å²) in [4.78, 5) is 12.6. The second-order valence-electron chi connectivity index (χ2n) is 6.17. The van der Waals surface area contributed by atoms with Gasteiger partial charge in [-0.25, -0.2) is 8.42 Å². The number of hydrogen-bond donors (Lipinski definition) is 1. The summed E-state index contributed by atoms with van der Waals surface area (Å²) in [5, 5.41) is 4.64. The number of benzene rings is 3. The molecule has 146 valence electrons. The highest BCUT2D eigenvalue weighted by Gasteiger charge is 2.22. The molecule has 0 atom stereocenters. The summed E-state index contributed by atoms with van der Waals surface area (Å²) in [5.74, 6) is -0.00669. The summed E-state index contributed by atoms with van der Waals surface area (Å²) in [6.07, 6.45) is 1.08. The molecule has 1 amide bonds. The maximum Gasteiger partial charge on any atom is 0.245 e. The van der Waals surface area contributed by atoms with Crippen LogP contribution in [0, 0.1) is 0 Å². The number of nitrogens with one attached hydrogen (secondary N) is 1. The molecule has 0 spiro atoms. The normalized spacial score (nSPS) is 11.2. The number of sulfonamides is 1. The van der Waals surface area contributed by atoms with Gasteiger partial charge in [0.25, 0.3) is 0 Å². The van der Waals surface area contributed by atoms with E-state index in [1.807, 2.05) is 30.3 Å². The fourth-order valence-corrected chi connectivity index (χ4v) is 4.01. The maximum atomic E-state index is 12.6. The van der Waals surface area contributed by atoms with E-state index in [-0.39, 0.29) is 6.54 Å². The van der Waals surface area contributed by atoms with Crippen molar-refractivity contribution >= 4 is 49.7 Å². The van der Waals surface area contributed by atoms with E-state index in [9.17, 15) is 13.2 Å². The summed E-state index contributed by atoms with van der Waals surface area (Å²) in [5.41, 5.74) is 0.894. The number of hydrogen-bond acceptors (Lipinski definition) is 4. The number of carbonyl (C=O) groups is 1. The lowest BCUT2D eigenvalue weighted by Crippen LogP contribution is -2.37. The predicted octanol–water partition coefficient (Wildman–Crippen LogP) is 3.91. The number of nitrogens with zero attached hydrogens (tertiary/aromatic N) is 1. The Labute approximate surface area is 168 Å². The molecule has 0 saturated heterocycles. The third-order valence-electron chi connectivity index (χ3n) is 4.16. The Hall–Kier alpha value is -2.77. The van der Waals surface area contributed by atoms with Gasteiger partial charge in [-0.1, -0.05) is 48.0 Å². The minimum atomic E-state index is -3.69. The summed E-state index contributed by atoms with van der Waals surface area (Å²) in [6.45, 7) is -0.365. The molecule has 1 N–H and O–H groups in total. The summed E-state index contributed by atoms with van der Waals surface area (Å²) in [7, 11) is -2.20. The molecule has 0 aliphatic carbocycles. The molecule has 8 heteroatoms. The van der Waals surface area contributed by atoms with Crippen molar-refractivity contribution in [2.45, 2.75) is 0 Å². The van der Waals surface area contributed by atoms with Gasteiger partial charge in [0, 0.05) is 11.1 Å². The van der Waals surface area contributed by atoms with Crippen molar-refractivity contribution in [1.82, 2.24) is 0 Å². The fraction of sp³-hybridized carbons (Fsp3) is 0.150. The van der Waals surface area contributed by atoms with E-state index < -0.39 is 15.9 Å². The van der Waals surface area contributed by atoms with Crippen LogP contribution in [-0.2, 0) is 14.8 Å². The van der Waals surface area contributed by atoms with Crippen LogP contribution < -0.4 is 14.4 Å². The van der Waals surface area contributed by atoms with Crippen molar-refractivity contribution in [3.63, 3.8) is 0 Å². The second kappa shape index (κ2) is 8.08. The second-order valence-corrected chi connectivity index (χ2v) is 8.48. The molecule has 0 aliphatic heterocycles. The van der Waals surface area contributed by atoms with Crippen LogP contribution in [0.15, 0.2) is 60.7 Å². The summed E-state index contributed by atoms with van der Waals surface area (Å²) < 4.78 is 31.0. The first-order valence-corrected chi connectivity index (χ1v) is 10.6. The minimum Gasteiger partial charge on any atom is -0.495 e. The Morgan fingerprint density at radius 1 is 1.11 bits per heavy atom. The molecule has 3 aromatic carbocycles. The maximum absolute atomic E-state index is 12.6. The van der Waals surface area contributed by atoms with E-state index in [1.54, 1.807) is 30.3 Å². The first kappa shape index (κ1) is 20.0. The largest absolute Gasteiger partial charge is 0.495 e. The third kappa shape index (κ3) is 4.37. The van der Waals surface area contributed by atoms with Gasteiger partial charge in [0.15, 0.2) is 0 Å². The predicted molar refractivity (Wildman–Crippen MR) is 113 cm³/mol. The van der Waals surface area contributed by atoms with Crippen molar-refractivity contribution in [3.05, 3.63) is 65.7 Å². The Bertz CT molecular complexity index is 1130. The lowest BCUT2D eigenvalue weighted by Gasteiger charge is -2.23. The Balaban J connectivity index is 1.89. The van der Waals surface area contributed by atoms with Gasteiger partial charge in [0.2, 0.25) is 15.9 Å². The first-order chi connectivity index (χ1) is 13.3. The molecule has 0 bridgehead atoms. The molecule has 0 unspecified atom stereocenters. The van der Waals surface area contributed by atoms with Crippen LogP contribution in [0.3, 0.4) is 0 Å². The average Bonchev–Trinajstić information content (AvgIpc) is 2.65. The van der Waals surface area contributed by atoms with E-state index in [2.05, 4.69) is 5.32 Å². The molecule has 0 saturated carbocycles. The monoisotopic (exact) mass is 418 g/mol. The molecular formula is C20H19ClN2O4S. The average molecular weight is 419 g/mol. The molecular weight excluding hydrogens is 400 g/mol. The van der Waals surface area contributed by atoms with E-state index in [4.69, 9.17) is 16.3 Å². The fourth-order valence-electron chi connectivity index (χ4n) is 2.88. The van der Waals surface area contributed by atoms with Crippen LogP contribution in [0.5, 0.6) is 5.75 Å². The molecule has 0 heterocycles. The van der Waals surface area contributed by atoms with Crippen molar-refractivity contribution in [2.75, 3.05) is 29.5 Å². The standard InChI is InChI=1S/C20H19ClN2O4S/c1-27-19-11-10-15(12-17(19)21)22-20(24)13-23(28(2,25)26)18-9-5-7-14-6-3-4-8-16(14)18/h3-12H,13H2,1-2H3,(H,22,24). The molecule has 0 aromatic heterocycles. The number of methoxy groups -OCH3 is 1. The SMILES string of the molecule is COc1ccc(NC(=O)CN(c2cccc3ccccc23)S(C)(=O)=O)cc1Cl. The van der Waals surface area contributed by atoms with Crippen LogP contribution in [0.2, 0.25) is 5.02 Å². The molecule has 3 aromatic rings. The first-order valence-electron chi connectivity index (χ1n) is 8.38. The van der Waals surface area contributed by atoms with Gasteiger partial charge < -0.3 is 10.1 Å². The molecule has 3 rings (SSSR count). The zero-order valence-corrected chi connectivity index (χ0v) is 16.9. The highest BCUT2D eigenvalue weighted by atomic mass is 35.5. The smallest absolute Gasteiger partial charge is 0.245 e. The van der Waals surface area contributed by atoms with Crippen LogP contribution in [0.1, 0.15) is 0 Å². The van der Waals surface area contributed by atoms with Gasteiger partial charge in [-0.15, -0.1) is 0 Å². The highest BCUT2D eigenvalue weighted by Crippen LogP contribution is 2.29. The van der Waals surface area contributed by atoms with Crippen molar-refractivity contribution < 1.29 is 17.9 Å². The van der Waals surface area contributed by atoms with Gasteiger partial charge in [0.1, 0.15) is 12.3 Å². The number of carbonyl (C=O) groups excluding carboxylic acids is 1. The van der Waals surface area contributed by atoms with Gasteiger partial charge in [-0.3, -0.25) is 9.10 Å². The van der Waals surface area contributed by atoms with Gasteiger partial charge in [-0.2, -0.15) is 0 Å². The van der Waals surface area contributed by atoms with Crippen LogP contribution in [0.25, 0.3) is 10.8 Å². The highest BCUT2D eigenvalue weighted by molar-refractivity contribution is 7.92. The van der Waals surface area contributed by atoms with E-state index in [1.165, 1.54) is 7.11 Å². The van der Waals surface area contributed by atoms with Gasteiger partial charge in [-0.05, 0) is 29.7 Å². The van der Waals surface area contributed by atoms with Crippen LogP contribution in [0.4, 0.5) is 11.4 Å². The quantitative estimate of drug-likeness (QED) is 0.658. The van der Waals surface area contributed by atoms with E-state index in [0.29, 0.717) is 22.1 Å². The topological polar surface area (TPSA) is 75.7 Å². The number of halogens is 1. The lowest BCUT2D eigenvalue weighted by molar-refractivity contribution is -0.114. The lowest BCUT2D eigenvalue weighted by atomic mass is 10.1. The number of ether oxygens (including phenoxy) is 1. The van der Waals surface area contributed by atoms with Crippen LogP contribution >= 0.6 is 11.6 Å². The van der Waals surface area contributed by atoms with E-state index in [0.717, 1.165) is 21.3 Å². The number of anilines is 2. The molecule has 0 aliphatic rings. The molecule has 6 nitrogen and oxygen atoms in total. The minimum absolute atomic E-state index is 0.342. The molecule has 28 heavy (non-hydrogen) atoms. The number of rotatable bonds is 6. The molecule has 0 fully saturated rings. The zero-order valence-electron chi connectivity index (χ0n) is 15.3. The van der Waals surface area contributed by atoms with Gasteiger partial charge in [0.05, 0.1) is 24.1 Å². The van der Waals surface area contributed by atoms with Gasteiger partial charge >= 0.3 is 0 Å². The Morgan fingerprint density at radius 3 is 2.50 bits per heavy atom. The van der Waals surface area contributed by atoms with Crippen molar-refractivity contribution in [2.24, 2.45) is 0 Å². The van der Waals surface area contributed by atoms with Crippen molar-refractivity contribution in [3.8, 4) is 5.75 Å². The Morgan fingerprint density at radius 2 is 1.82 bits per heavy atom. The number of fused-ring (bicyclic) bond motifs is 1. The Kier molecular flexibility index (Phi) is 5.76. The van der Waals surface area contributed by atoms with Crippen molar-refractivity contribution in [1.29, 1.82) is 0 Å². The number of amides is 1. The zero-order chi connectivity index (χ0) is 20.3. The summed E-state index contributed by atoms with van der Waals surface area (Å²) in [6, 6.07) is 17.5. The molecule has 0 radical (unpaired) electrons. The third-order valence-corrected chi connectivity index (χ3v) is 5.58. The summed E-state index contributed by atoms with van der Waals surface area (Å²) >= 11 is 6.07.